The van der Waals surface area contributed by atoms with E-state index >= 15 is 0 Å². The third-order valence-corrected chi connectivity index (χ3v) is 3.00. The molecule has 0 radical (unpaired) electrons. The smallest absolute Gasteiger partial charge is 0.231 e. The molecule has 0 bridgehead atoms. The van der Waals surface area contributed by atoms with Crippen LogP contribution in [-0.4, -0.2) is 16.7 Å². The second-order valence-corrected chi connectivity index (χ2v) is 4.26. The summed E-state index contributed by atoms with van der Waals surface area (Å²) in [5, 5.41) is 3.93. The first-order valence-corrected chi connectivity index (χ1v) is 5.96. The van der Waals surface area contributed by atoms with Crippen LogP contribution >= 0.6 is 0 Å². The number of aryl methyl sites for hydroxylation is 1. The number of aromatic nitrogens is 2. The van der Waals surface area contributed by atoms with Gasteiger partial charge in [0, 0.05) is 12.1 Å². The second-order valence-electron chi connectivity index (χ2n) is 4.26. The van der Waals surface area contributed by atoms with Crippen molar-refractivity contribution in [2.24, 2.45) is 5.73 Å². The molecule has 2 aromatic rings. The molecular weight excluding hydrogens is 233 g/mol. The summed E-state index contributed by atoms with van der Waals surface area (Å²) >= 11 is 0. The maximum absolute atomic E-state index is 13.0. The van der Waals surface area contributed by atoms with Gasteiger partial charge in [-0.1, -0.05) is 12.1 Å². The molecule has 1 aromatic heterocycles. The summed E-state index contributed by atoms with van der Waals surface area (Å²) in [6.45, 7) is 4.31. The zero-order chi connectivity index (χ0) is 13.1. The van der Waals surface area contributed by atoms with Gasteiger partial charge in [-0.25, -0.2) is 4.39 Å². The zero-order valence-corrected chi connectivity index (χ0v) is 10.5. The number of nitrogens with zero attached hydrogens (tertiary/aromatic N) is 2. The third kappa shape index (κ3) is 2.41. The first-order valence-electron chi connectivity index (χ1n) is 5.96. The van der Waals surface area contributed by atoms with E-state index in [4.69, 9.17) is 10.3 Å². The molecule has 0 aliphatic heterocycles. The molecule has 0 spiro atoms. The maximum Gasteiger partial charge on any atom is 0.231 e. The molecule has 0 saturated heterocycles. The van der Waals surface area contributed by atoms with E-state index in [0.29, 0.717) is 18.3 Å². The van der Waals surface area contributed by atoms with Gasteiger partial charge in [0.1, 0.15) is 5.82 Å². The highest BCUT2D eigenvalue weighted by Crippen LogP contribution is 2.24. The van der Waals surface area contributed by atoms with Gasteiger partial charge >= 0.3 is 0 Å². The highest BCUT2D eigenvalue weighted by atomic mass is 19.1. The van der Waals surface area contributed by atoms with Gasteiger partial charge in [0.2, 0.25) is 11.7 Å². The van der Waals surface area contributed by atoms with Crippen molar-refractivity contribution in [3.8, 4) is 11.4 Å². The first-order chi connectivity index (χ1) is 8.65. The molecule has 4 nitrogen and oxygen atoms in total. The Kier molecular flexibility index (Phi) is 3.72. The van der Waals surface area contributed by atoms with Crippen molar-refractivity contribution in [1.29, 1.82) is 0 Å². The van der Waals surface area contributed by atoms with Crippen molar-refractivity contribution in [2.45, 2.75) is 26.2 Å². The van der Waals surface area contributed by atoms with Gasteiger partial charge in [-0.3, -0.25) is 0 Å². The highest BCUT2D eigenvalue weighted by molar-refractivity contribution is 5.59. The van der Waals surface area contributed by atoms with Crippen LogP contribution in [0.25, 0.3) is 11.4 Å². The molecule has 18 heavy (non-hydrogen) atoms. The number of nitrogens with two attached hydrogens (primary N) is 1. The number of benzene rings is 1. The average molecular weight is 249 g/mol. The molecule has 2 rings (SSSR count). The first kappa shape index (κ1) is 12.7. The second kappa shape index (κ2) is 5.27. The van der Waals surface area contributed by atoms with Gasteiger partial charge in [0.05, 0.1) is 5.92 Å². The summed E-state index contributed by atoms with van der Waals surface area (Å²) in [6.07, 6.45) is 0.848. The van der Waals surface area contributed by atoms with E-state index < -0.39 is 0 Å². The largest absolute Gasteiger partial charge is 0.339 e. The minimum atomic E-state index is -0.270. The predicted octanol–water partition coefficient (Wildman–Crippen LogP) is 2.64. The van der Waals surface area contributed by atoms with Crippen LogP contribution in [0.15, 0.2) is 22.7 Å². The van der Waals surface area contributed by atoms with Crippen LogP contribution in [0.2, 0.25) is 0 Å². The van der Waals surface area contributed by atoms with E-state index in [1.54, 1.807) is 6.07 Å². The van der Waals surface area contributed by atoms with E-state index in [9.17, 15) is 4.39 Å². The minimum Gasteiger partial charge on any atom is -0.339 e. The van der Waals surface area contributed by atoms with Crippen molar-refractivity contribution in [3.63, 3.8) is 0 Å². The van der Waals surface area contributed by atoms with Crippen molar-refractivity contribution in [2.75, 3.05) is 6.54 Å². The minimum absolute atomic E-state index is 0.0759. The van der Waals surface area contributed by atoms with Crippen molar-refractivity contribution >= 4 is 0 Å². The number of halogens is 1. The Morgan fingerprint density at radius 2 is 2.22 bits per heavy atom. The van der Waals surface area contributed by atoms with E-state index in [1.165, 1.54) is 12.1 Å². The lowest BCUT2D eigenvalue weighted by Gasteiger charge is -2.04. The molecule has 0 amide bonds. The molecule has 1 atom stereocenters. The summed E-state index contributed by atoms with van der Waals surface area (Å²) < 4.78 is 18.2. The topological polar surface area (TPSA) is 64.9 Å². The lowest BCUT2D eigenvalue weighted by Crippen LogP contribution is -2.11. The van der Waals surface area contributed by atoms with Crippen LogP contribution in [0.3, 0.4) is 0 Å². The van der Waals surface area contributed by atoms with Gasteiger partial charge in [0.15, 0.2) is 0 Å². The molecule has 0 aliphatic rings. The van der Waals surface area contributed by atoms with Gasteiger partial charge in [-0.2, -0.15) is 4.98 Å². The van der Waals surface area contributed by atoms with Gasteiger partial charge < -0.3 is 10.3 Å². The Morgan fingerprint density at radius 3 is 2.83 bits per heavy atom. The van der Waals surface area contributed by atoms with Crippen LogP contribution in [0.5, 0.6) is 0 Å². The third-order valence-electron chi connectivity index (χ3n) is 3.00. The fourth-order valence-corrected chi connectivity index (χ4v) is 1.83. The molecule has 96 valence electrons. The van der Waals surface area contributed by atoms with Crippen molar-refractivity contribution in [1.82, 2.24) is 10.1 Å². The molecular formula is C13H16FN3O. The molecule has 1 unspecified atom stereocenters. The van der Waals surface area contributed by atoms with Gasteiger partial charge in [-0.05, 0) is 37.1 Å². The Hall–Kier alpha value is -1.75. The number of hydrogen-bond donors (Lipinski definition) is 1. The summed E-state index contributed by atoms with van der Waals surface area (Å²) in [5.74, 6) is 0.827. The highest BCUT2D eigenvalue weighted by Gasteiger charge is 2.17. The van der Waals surface area contributed by atoms with Crippen LogP contribution in [0.4, 0.5) is 4.39 Å². The Bertz CT molecular complexity index is 535. The lowest BCUT2D eigenvalue weighted by atomic mass is 10.1. The van der Waals surface area contributed by atoms with E-state index in [0.717, 1.165) is 17.5 Å². The summed E-state index contributed by atoms with van der Waals surface area (Å²) in [5.41, 5.74) is 7.19. The van der Waals surface area contributed by atoms with E-state index in [2.05, 4.69) is 10.1 Å². The SMILES string of the molecule is CCC(CN)c1nc(-c2ccc(F)cc2C)no1. The molecule has 1 heterocycles. The summed E-state index contributed by atoms with van der Waals surface area (Å²) in [7, 11) is 0. The van der Waals surface area contributed by atoms with Crippen LogP contribution in [-0.2, 0) is 0 Å². The summed E-state index contributed by atoms with van der Waals surface area (Å²) in [6, 6.07) is 4.49. The Balaban J connectivity index is 2.34. The van der Waals surface area contributed by atoms with Crippen molar-refractivity contribution < 1.29 is 8.91 Å². The lowest BCUT2D eigenvalue weighted by molar-refractivity contribution is 0.351. The molecule has 0 aliphatic carbocycles. The maximum atomic E-state index is 13.0. The average Bonchev–Trinajstić information content (AvgIpc) is 2.80. The zero-order valence-electron chi connectivity index (χ0n) is 10.5. The molecule has 2 N–H and O–H groups in total. The molecule has 0 saturated carbocycles. The monoisotopic (exact) mass is 249 g/mol. The van der Waals surface area contributed by atoms with Gasteiger partial charge in [0.25, 0.3) is 0 Å². The number of hydrogen-bond acceptors (Lipinski definition) is 4. The van der Waals surface area contributed by atoms with Crippen LogP contribution in [0, 0.1) is 12.7 Å². The van der Waals surface area contributed by atoms with Gasteiger partial charge in [-0.15, -0.1) is 0 Å². The fourth-order valence-electron chi connectivity index (χ4n) is 1.83. The van der Waals surface area contributed by atoms with E-state index in [-0.39, 0.29) is 11.7 Å². The predicted molar refractivity (Wildman–Crippen MR) is 66.5 cm³/mol. The molecule has 0 fully saturated rings. The Morgan fingerprint density at radius 1 is 1.44 bits per heavy atom. The molecule has 1 aromatic carbocycles. The summed E-state index contributed by atoms with van der Waals surface area (Å²) in [4.78, 5) is 4.33. The quantitative estimate of drug-likeness (QED) is 0.904. The molecule has 5 heteroatoms. The number of rotatable bonds is 4. The Labute approximate surface area is 105 Å². The van der Waals surface area contributed by atoms with Crippen LogP contribution in [0.1, 0.15) is 30.7 Å². The standard InChI is InChI=1S/C13H16FN3O/c1-3-9(7-15)13-16-12(17-18-13)11-5-4-10(14)6-8(11)2/h4-6,9H,3,7,15H2,1-2H3. The van der Waals surface area contributed by atoms with E-state index in [1.807, 2.05) is 13.8 Å². The van der Waals surface area contributed by atoms with Crippen molar-refractivity contribution in [3.05, 3.63) is 35.5 Å². The van der Waals surface area contributed by atoms with Crippen LogP contribution < -0.4 is 5.73 Å². The normalized spacial score (nSPS) is 12.7. The fraction of sp³-hybridized carbons (Fsp3) is 0.385.